The zero-order valence-corrected chi connectivity index (χ0v) is 24.7. The summed E-state index contributed by atoms with van der Waals surface area (Å²) in [6.45, 7) is 18.2. The van der Waals surface area contributed by atoms with Gasteiger partial charge in [-0.3, -0.25) is 4.79 Å². The van der Waals surface area contributed by atoms with Crippen LogP contribution in [0.4, 0.5) is 0 Å². The standard InChI is InChI=1S/C31H51BrO2/c1-20(34-26(33)19-32)21-11-16-28(4)22(21)12-17-30(6)24(28)9-10-25-29(5)15-8-14-27(2,3)23(29)13-18-31(25,30)7/h20-25H,8-19H2,1-7H3. The average Bonchev–Trinajstić information content (AvgIpc) is 3.10. The number of hydrogen-bond donors (Lipinski definition) is 0. The van der Waals surface area contributed by atoms with Gasteiger partial charge in [-0.25, -0.2) is 0 Å². The zero-order chi connectivity index (χ0) is 24.7. The molecule has 2 nitrogen and oxygen atoms in total. The predicted molar refractivity (Wildman–Crippen MR) is 144 cm³/mol. The van der Waals surface area contributed by atoms with Gasteiger partial charge < -0.3 is 4.74 Å². The minimum atomic E-state index is -0.102. The summed E-state index contributed by atoms with van der Waals surface area (Å²) in [5.74, 6) is 3.76. The van der Waals surface area contributed by atoms with Crippen LogP contribution in [0, 0.1) is 56.7 Å². The molecule has 5 rings (SSSR count). The van der Waals surface area contributed by atoms with Crippen molar-refractivity contribution in [1.29, 1.82) is 0 Å². The number of ether oxygens (including phenoxy) is 1. The van der Waals surface area contributed by atoms with Crippen LogP contribution in [0.1, 0.15) is 119 Å². The molecule has 0 radical (unpaired) electrons. The van der Waals surface area contributed by atoms with Crippen molar-refractivity contribution in [1.82, 2.24) is 0 Å². The van der Waals surface area contributed by atoms with Gasteiger partial charge in [0.2, 0.25) is 0 Å². The molecule has 0 aliphatic heterocycles. The largest absolute Gasteiger partial charge is 0.462 e. The molecule has 3 heteroatoms. The quantitative estimate of drug-likeness (QED) is 0.267. The topological polar surface area (TPSA) is 26.3 Å². The molecule has 10 unspecified atom stereocenters. The molecular weight excluding hydrogens is 484 g/mol. The van der Waals surface area contributed by atoms with Gasteiger partial charge >= 0.3 is 5.97 Å². The summed E-state index contributed by atoms with van der Waals surface area (Å²) in [5.41, 5.74) is 2.36. The lowest BCUT2D eigenvalue weighted by molar-refractivity contribution is -0.242. The molecule has 5 saturated carbocycles. The van der Waals surface area contributed by atoms with E-state index in [0.717, 1.165) is 17.8 Å². The summed E-state index contributed by atoms with van der Waals surface area (Å²) in [7, 11) is 0. The molecule has 34 heavy (non-hydrogen) atoms. The lowest BCUT2D eigenvalue weighted by Crippen LogP contribution is -2.65. The first-order chi connectivity index (χ1) is 15.8. The number of rotatable bonds is 3. The van der Waals surface area contributed by atoms with Crippen molar-refractivity contribution in [3.63, 3.8) is 0 Å². The third kappa shape index (κ3) is 3.32. The van der Waals surface area contributed by atoms with Gasteiger partial charge in [0.15, 0.2) is 0 Å². The van der Waals surface area contributed by atoms with E-state index in [0.29, 0.717) is 44.2 Å². The fraction of sp³-hybridized carbons (Fsp3) is 0.968. The Hall–Kier alpha value is -0.0500. The van der Waals surface area contributed by atoms with Crippen LogP contribution in [0.2, 0.25) is 0 Å². The summed E-state index contributed by atoms with van der Waals surface area (Å²) in [4.78, 5) is 12.0. The summed E-state index contributed by atoms with van der Waals surface area (Å²) in [6.07, 6.45) is 15.4. The highest BCUT2D eigenvalue weighted by molar-refractivity contribution is 9.09. The van der Waals surface area contributed by atoms with Crippen molar-refractivity contribution in [3.05, 3.63) is 0 Å². The zero-order valence-electron chi connectivity index (χ0n) is 23.1. The van der Waals surface area contributed by atoms with Gasteiger partial charge in [-0.2, -0.15) is 0 Å². The molecular formula is C31H51BrO2. The molecule has 0 heterocycles. The van der Waals surface area contributed by atoms with Crippen LogP contribution in [0.3, 0.4) is 0 Å². The van der Waals surface area contributed by atoms with E-state index in [1.165, 1.54) is 70.6 Å². The molecule has 0 aromatic rings. The fourth-order valence-corrected chi connectivity index (χ4v) is 12.4. The first-order valence-corrected chi connectivity index (χ1v) is 15.7. The number of hydrogen-bond acceptors (Lipinski definition) is 2. The first-order valence-electron chi connectivity index (χ1n) is 14.6. The smallest absolute Gasteiger partial charge is 0.316 e. The number of fused-ring (bicyclic) bond motifs is 7. The molecule has 0 aromatic heterocycles. The Kier molecular flexibility index (Phi) is 6.19. The number of carbonyl (C=O) groups excluding carboxylic acids is 1. The molecule has 0 N–H and O–H groups in total. The molecule has 194 valence electrons. The Labute approximate surface area is 218 Å². The predicted octanol–water partition coefficient (Wildman–Crippen LogP) is 8.80. The number of alkyl halides is 1. The van der Waals surface area contributed by atoms with E-state index in [4.69, 9.17) is 4.74 Å². The molecule has 0 bridgehead atoms. The molecule has 0 aromatic carbocycles. The van der Waals surface area contributed by atoms with Crippen LogP contribution >= 0.6 is 15.9 Å². The SMILES string of the molecule is CC(OC(=O)CBr)C1CCC2(C)C1CCC1(C)C2CCC2C3(C)CCCC(C)(C)C3CCC21C. The van der Waals surface area contributed by atoms with E-state index in [2.05, 4.69) is 64.4 Å². The normalized spacial score (nSPS) is 52.5. The molecule has 10 atom stereocenters. The van der Waals surface area contributed by atoms with E-state index in [1.807, 2.05) is 0 Å². The van der Waals surface area contributed by atoms with E-state index >= 15 is 0 Å². The highest BCUT2D eigenvalue weighted by Gasteiger charge is 2.70. The fourth-order valence-electron chi connectivity index (χ4n) is 12.2. The van der Waals surface area contributed by atoms with Crippen LogP contribution in [0.15, 0.2) is 0 Å². The Morgan fingerprint density at radius 1 is 0.794 bits per heavy atom. The molecule has 0 spiro atoms. The van der Waals surface area contributed by atoms with Crippen molar-refractivity contribution in [3.8, 4) is 0 Å². The van der Waals surface area contributed by atoms with Crippen molar-refractivity contribution in [2.75, 3.05) is 5.33 Å². The average molecular weight is 536 g/mol. The number of halogens is 1. The maximum absolute atomic E-state index is 12.0. The third-order valence-corrected chi connectivity index (χ3v) is 14.2. The second-order valence-corrected chi connectivity index (χ2v) is 15.7. The lowest BCUT2D eigenvalue weighted by Gasteiger charge is -2.73. The Balaban J connectivity index is 1.44. The monoisotopic (exact) mass is 534 g/mol. The van der Waals surface area contributed by atoms with Gasteiger partial charge in [0, 0.05) is 0 Å². The third-order valence-electron chi connectivity index (χ3n) is 13.8. The van der Waals surface area contributed by atoms with Crippen LogP contribution < -0.4 is 0 Å². The van der Waals surface area contributed by atoms with Gasteiger partial charge in [0.25, 0.3) is 0 Å². The van der Waals surface area contributed by atoms with Gasteiger partial charge in [-0.1, -0.05) is 63.9 Å². The lowest BCUT2D eigenvalue weighted by atomic mass is 9.32. The van der Waals surface area contributed by atoms with Crippen LogP contribution in [0.5, 0.6) is 0 Å². The number of esters is 1. The van der Waals surface area contributed by atoms with Gasteiger partial charge in [-0.05, 0) is 128 Å². The first kappa shape index (κ1) is 25.6. The molecule has 5 aliphatic carbocycles. The highest BCUT2D eigenvalue weighted by atomic mass is 79.9. The van der Waals surface area contributed by atoms with Gasteiger partial charge in [0.1, 0.15) is 11.4 Å². The van der Waals surface area contributed by atoms with Gasteiger partial charge in [0.05, 0.1) is 0 Å². The summed E-state index contributed by atoms with van der Waals surface area (Å²) in [5, 5.41) is 0.309. The van der Waals surface area contributed by atoms with Crippen molar-refractivity contribution < 1.29 is 9.53 Å². The Morgan fingerprint density at radius 3 is 2.06 bits per heavy atom. The second kappa shape index (κ2) is 8.22. The summed E-state index contributed by atoms with van der Waals surface area (Å²) >= 11 is 3.28. The van der Waals surface area contributed by atoms with E-state index < -0.39 is 0 Å². The molecule has 5 fully saturated rings. The van der Waals surface area contributed by atoms with Crippen LogP contribution in [-0.2, 0) is 9.53 Å². The molecule has 5 aliphatic rings. The van der Waals surface area contributed by atoms with Crippen LogP contribution in [0.25, 0.3) is 0 Å². The molecule has 0 saturated heterocycles. The van der Waals surface area contributed by atoms with Crippen molar-refractivity contribution in [2.45, 2.75) is 125 Å². The second-order valence-electron chi connectivity index (χ2n) is 15.1. The van der Waals surface area contributed by atoms with E-state index in [-0.39, 0.29) is 12.1 Å². The van der Waals surface area contributed by atoms with Crippen molar-refractivity contribution >= 4 is 21.9 Å². The van der Waals surface area contributed by atoms with E-state index in [9.17, 15) is 4.79 Å². The minimum Gasteiger partial charge on any atom is -0.462 e. The highest BCUT2D eigenvalue weighted by Crippen LogP contribution is 2.77. The summed E-state index contributed by atoms with van der Waals surface area (Å²) < 4.78 is 5.85. The van der Waals surface area contributed by atoms with E-state index in [1.54, 1.807) is 0 Å². The van der Waals surface area contributed by atoms with Crippen LogP contribution in [-0.4, -0.2) is 17.4 Å². The number of carbonyl (C=O) groups is 1. The van der Waals surface area contributed by atoms with Gasteiger partial charge in [-0.15, -0.1) is 0 Å². The maximum atomic E-state index is 12.0. The maximum Gasteiger partial charge on any atom is 0.316 e. The summed E-state index contributed by atoms with van der Waals surface area (Å²) in [6, 6.07) is 0. The Bertz CT molecular complexity index is 822. The van der Waals surface area contributed by atoms with Crippen molar-refractivity contribution in [2.24, 2.45) is 56.7 Å². The minimum absolute atomic E-state index is 0.0481. The Morgan fingerprint density at radius 2 is 1.41 bits per heavy atom. The molecule has 0 amide bonds.